The van der Waals surface area contributed by atoms with Gasteiger partial charge in [0.2, 0.25) is 5.91 Å². The summed E-state index contributed by atoms with van der Waals surface area (Å²) in [5, 5.41) is 22.5. The van der Waals surface area contributed by atoms with E-state index in [1.54, 1.807) is 24.3 Å². The van der Waals surface area contributed by atoms with E-state index >= 15 is 0 Å². The molecule has 3 rings (SSSR count). The number of benzene rings is 2. The lowest BCUT2D eigenvalue weighted by Gasteiger charge is -2.08. The Morgan fingerprint density at radius 2 is 1.76 bits per heavy atom. The standard InChI is InChI=1S/C21H17N3O5/c25-20(23-19-4-2-1-3-17(19)21(26)27)12-7-14-5-8-15(9-6-14)18-11-10-16(13-22-18)24(28)29/h1-6,8-11,13H,7,12H2,(H,23,25)(H,26,27). The van der Waals surface area contributed by atoms with Crippen LogP contribution in [0, 0.1) is 10.1 Å². The minimum absolute atomic E-state index is 0.0424. The number of aryl methyl sites for hydroxylation is 1. The Bertz CT molecular complexity index is 1050. The SMILES string of the molecule is O=C(CCc1ccc(-c2ccc([N+](=O)[O-])cn2)cc1)Nc1ccccc1C(=O)O. The first-order valence-corrected chi connectivity index (χ1v) is 8.76. The van der Waals surface area contributed by atoms with Crippen LogP contribution in [0.15, 0.2) is 66.9 Å². The monoisotopic (exact) mass is 391 g/mol. The Hall–Kier alpha value is -4.07. The van der Waals surface area contributed by atoms with Crippen LogP contribution in [0.1, 0.15) is 22.3 Å². The number of hydrogen-bond donors (Lipinski definition) is 2. The zero-order chi connectivity index (χ0) is 20.8. The van der Waals surface area contributed by atoms with Crippen molar-refractivity contribution in [3.63, 3.8) is 0 Å². The molecule has 0 saturated carbocycles. The molecule has 0 radical (unpaired) electrons. The molecule has 0 bridgehead atoms. The van der Waals surface area contributed by atoms with E-state index in [0.29, 0.717) is 12.1 Å². The second-order valence-corrected chi connectivity index (χ2v) is 6.25. The van der Waals surface area contributed by atoms with Gasteiger partial charge in [0.1, 0.15) is 6.20 Å². The number of aromatic nitrogens is 1. The number of carboxylic acids is 1. The Morgan fingerprint density at radius 1 is 1.03 bits per heavy atom. The summed E-state index contributed by atoms with van der Waals surface area (Å²) >= 11 is 0. The van der Waals surface area contributed by atoms with Crippen LogP contribution in [0.4, 0.5) is 11.4 Å². The summed E-state index contributed by atoms with van der Waals surface area (Å²) < 4.78 is 0. The molecule has 0 unspecified atom stereocenters. The number of nitro groups is 1. The van der Waals surface area contributed by atoms with Crippen LogP contribution in [-0.2, 0) is 11.2 Å². The number of anilines is 1. The van der Waals surface area contributed by atoms with Crippen molar-refractivity contribution in [2.24, 2.45) is 0 Å². The number of carbonyl (C=O) groups is 2. The van der Waals surface area contributed by atoms with Crippen LogP contribution in [0.5, 0.6) is 0 Å². The van der Waals surface area contributed by atoms with Gasteiger partial charge in [0.25, 0.3) is 5.69 Å². The number of pyridine rings is 1. The van der Waals surface area contributed by atoms with Gasteiger partial charge in [-0.2, -0.15) is 0 Å². The predicted octanol–water partition coefficient (Wildman–Crippen LogP) is 3.93. The third-order valence-electron chi connectivity index (χ3n) is 4.28. The number of hydrogen-bond acceptors (Lipinski definition) is 5. The van der Waals surface area contributed by atoms with E-state index in [4.69, 9.17) is 5.11 Å². The summed E-state index contributed by atoms with van der Waals surface area (Å²) in [5.74, 6) is -1.38. The molecule has 0 aliphatic carbocycles. The van der Waals surface area contributed by atoms with E-state index in [9.17, 15) is 19.7 Å². The van der Waals surface area contributed by atoms with Crippen molar-refractivity contribution in [3.05, 3.63) is 88.1 Å². The van der Waals surface area contributed by atoms with Crippen molar-refractivity contribution in [2.75, 3.05) is 5.32 Å². The van der Waals surface area contributed by atoms with Gasteiger partial charge >= 0.3 is 5.97 Å². The molecule has 3 aromatic rings. The largest absolute Gasteiger partial charge is 0.478 e. The molecule has 1 heterocycles. The third-order valence-corrected chi connectivity index (χ3v) is 4.28. The second kappa shape index (κ2) is 8.75. The molecule has 2 N–H and O–H groups in total. The Balaban J connectivity index is 1.59. The first kappa shape index (κ1) is 19.7. The van der Waals surface area contributed by atoms with E-state index in [1.807, 2.05) is 24.3 Å². The van der Waals surface area contributed by atoms with Crippen LogP contribution in [0.25, 0.3) is 11.3 Å². The molecule has 8 nitrogen and oxygen atoms in total. The van der Waals surface area contributed by atoms with Gasteiger partial charge in [0.05, 0.1) is 21.9 Å². The number of carboxylic acid groups (broad SMARTS) is 1. The van der Waals surface area contributed by atoms with Gasteiger partial charge < -0.3 is 10.4 Å². The maximum absolute atomic E-state index is 12.2. The van der Waals surface area contributed by atoms with Gasteiger partial charge in [-0.1, -0.05) is 36.4 Å². The highest BCUT2D eigenvalue weighted by Crippen LogP contribution is 2.21. The van der Waals surface area contributed by atoms with Crippen LogP contribution in [0.3, 0.4) is 0 Å². The fourth-order valence-corrected chi connectivity index (χ4v) is 2.76. The number of nitrogens with one attached hydrogen (secondary N) is 1. The maximum atomic E-state index is 12.2. The molecular formula is C21H17N3O5. The molecule has 1 amide bonds. The molecule has 0 aliphatic rings. The summed E-state index contributed by atoms with van der Waals surface area (Å²) in [6.07, 6.45) is 1.89. The fourth-order valence-electron chi connectivity index (χ4n) is 2.76. The first-order chi connectivity index (χ1) is 13.9. The van der Waals surface area contributed by atoms with Gasteiger partial charge in [-0.05, 0) is 30.2 Å². The number of para-hydroxylation sites is 1. The molecule has 2 aromatic carbocycles. The first-order valence-electron chi connectivity index (χ1n) is 8.76. The number of nitrogens with zero attached hydrogens (tertiary/aromatic N) is 2. The summed E-state index contributed by atoms with van der Waals surface area (Å²) in [5.41, 5.74) is 2.59. The molecule has 0 spiro atoms. The summed E-state index contributed by atoms with van der Waals surface area (Å²) in [6, 6.07) is 16.6. The van der Waals surface area contributed by atoms with E-state index in [-0.39, 0.29) is 29.3 Å². The number of rotatable bonds is 7. The van der Waals surface area contributed by atoms with Crippen molar-refractivity contribution >= 4 is 23.3 Å². The molecule has 0 aliphatic heterocycles. The van der Waals surface area contributed by atoms with E-state index in [0.717, 1.165) is 11.1 Å². The average Bonchev–Trinajstić information content (AvgIpc) is 2.73. The van der Waals surface area contributed by atoms with Crippen LogP contribution < -0.4 is 5.32 Å². The van der Waals surface area contributed by atoms with Crippen molar-refractivity contribution in [2.45, 2.75) is 12.8 Å². The van der Waals surface area contributed by atoms with E-state index < -0.39 is 10.9 Å². The fraction of sp³-hybridized carbons (Fsp3) is 0.0952. The van der Waals surface area contributed by atoms with Crippen LogP contribution in [-0.4, -0.2) is 26.9 Å². The molecule has 29 heavy (non-hydrogen) atoms. The van der Waals surface area contributed by atoms with Crippen molar-refractivity contribution in [1.29, 1.82) is 0 Å². The Morgan fingerprint density at radius 3 is 2.38 bits per heavy atom. The molecule has 0 saturated heterocycles. The molecular weight excluding hydrogens is 374 g/mol. The molecule has 0 fully saturated rings. The topological polar surface area (TPSA) is 122 Å². The zero-order valence-corrected chi connectivity index (χ0v) is 15.2. The number of aromatic carboxylic acids is 1. The molecule has 146 valence electrons. The third kappa shape index (κ3) is 5.01. The predicted molar refractivity (Wildman–Crippen MR) is 107 cm³/mol. The van der Waals surface area contributed by atoms with E-state index in [1.165, 1.54) is 18.3 Å². The van der Waals surface area contributed by atoms with Gasteiger partial charge in [-0.15, -0.1) is 0 Å². The highest BCUT2D eigenvalue weighted by Gasteiger charge is 2.12. The van der Waals surface area contributed by atoms with Crippen LogP contribution in [0.2, 0.25) is 0 Å². The molecule has 8 heteroatoms. The quantitative estimate of drug-likeness (QED) is 0.465. The lowest BCUT2D eigenvalue weighted by atomic mass is 10.0. The molecule has 0 atom stereocenters. The minimum atomic E-state index is -1.10. The van der Waals surface area contributed by atoms with Gasteiger partial charge in [0, 0.05) is 18.1 Å². The Labute approximate surface area is 166 Å². The van der Waals surface area contributed by atoms with Gasteiger partial charge in [-0.3, -0.25) is 14.9 Å². The summed E-state index contributed by atoms with van der Waals surface area (Å²) in [6.45, 7) is 0. The average molecular weight is 391 g/mol. The smallest absolute Gasteiger partial charge is 0.337 e. The highest BCUT2D eigenvalue weighted by atomic mass is 16.6. The minimum Gasteiger partial charge on any atom is -0.478 e. The summed E-state index contributed by atoms with van der Waals surface area (Å²) in [7, 11) is 0. The number of carbonyl (C=O) groups excluding carboxylic acids is 1. The molecule has 1 aromatic heterocycles. The lowest BCUT2D eigenvalue weighted by Crippen LogP contribution is -2.15. The normalized spacial score (nSPS) is 10.3. The van der Waals surface area contributed by atoms with Crippen molar-refractivity contribution in [1.82, 2.24) is 4.98 Å². The lowest BCUT2D eigenvalue weighted by molar-refractivity contribution is -0.385. The highest BCUT2D eigenvalue weighted by molar-refractivity contribution is 6.00. The van der Waals surface area contributed by atoms with Crippen molar-refractivity contribution in [3.8, 4) is 11.3 Å². The summed E-state index contributed by atoms with van der Waals surface area (Å²) in [4.78, 5) is 37.6. The van der Waals surface area contributed by atoms with E-state index in [2.05, 4.69) is 10.3 Å². The second-order valence-electron chi connectivity index (χ2n) is 6.25. The maximum Gasteiger partial charge on any atom is 0.337 e. The Kier molecular flexibility index (Phi) is 5.94. The van der Waals surface area contributed by atoms with Crippen LogP contribution >= 0.6 is 0 Å². The van der Waals surface area contributed by atoms with Gasteiger partial charge in [-0.25, -0.2) is 9.78 Å². The number of amides is 1. The zero-order valence-electron chi connectivity index (χ0n) is 15.2. The van der Waals surface area contributed by atoms with Gasteiger partial charge in [0.15, 0.2) is 0 Å². The van der Waals surface area contributed by atoms with Crippen molar-refractivity contribution < 1.29 is 19.6 Å².